The van der Waals surface area contributed by atoms with Gasteiger partial charge in [0.25, 0.3) is 0 Å². The van der Waals surface area contributed by atoms with E-state index in [-0.39, 0.29) is 16.0 Å². The Bertz CT molecular complexity index is 556. The number of carbonyl (C=O) groups is 2. The third-order valence-corrected chi connectivity index (χ3v) is 5.15. The Morgan fingerprint density at radius 3 is 2.67 bits per heavy atom. The van der Waals surface area contributed by atoms with E-state index in [0.717, 1.165) is 37.5 Å². The number of carboxylic acid groups (broad SMARTS) is 1. The molecule has 1 aliphatic carbocycles. The lowest BCUT2D eigenvalue weighted by molar-refractivity contribution is 0.0697. The predicted molar refractivity (Wildman–Crippen MR) is 80.5 cm³/mol. The van der Waals surface area contributed by atoms with Crippen LogP contribution in [-0.4, -0.2) is 34.7 Å². The van der Waals surface area contributed by atoms with Gasteiger partial charge < -0.3 is 15.7 Å². The second kappa shape index (κ2) is 6.34. The Morgan fingerprint density at radius 2 is 2.14 bits per heavy atom. The summed E-state index contributed by atoms with van der Waals surface area (Å²) in [7, 11) is 0. The zero-order chi connectivity index (χ0) is 15.5. The maximum atomic E-state index is 13.6. The molecular formula is C14H17FN2O3S. The standard InChI is InChI=1S/C14H17FN2O3S/c1-21-14(5-2-6-14)8-16-13(20)17-11-7-9(12(18)19)3-4-10(11)15/h3-4,7H,2,5-6,8H2,1H3,(H,18,19)(H2,16,17,20). The minimum Gasteiger partial charge on any atom is -0.478 e. The number of hydrogen-bond acceptors (Lipinski definition) is 3. The summed E-state index contributed by atoms with van der Waals surface area (Å²) in [6.07, 6.45) is 5.27. The average molecular weight is 312 g/mol. The van der Waals surface area contributed by atoms with Crippen molar-refractivity contribution >= 4 is 29.4 Å². The van der Waals surface area contributed by atoms with Crippen LogP contribution in [0.4, 0.5) is 14.9 Å². The minimum atomic E-state index is -1.17. The van der Waals surface area contributed by atoms with Crippen molar-refractivity contribution in [2.45, 2.75) is 24.0 Å². The molecule has 0 spiro atoms. The number of amides is 2. The highest BCUT2D eigenvalue weighted by Gasteiger charge is 2.36. The first-order chi connectivity index (χ1) is 9.96. The average Bonchev–Trinajstić information content (AvgIpc) is 2.40. The van der Waals surface area contributed by atoms with E-state index in [1.54, 1.807) is 11.8 Å². The number of aromatic carboxylic acids is 1. The molecule has 2 amide bonds. The summed E-state index contributed by atoms with van der Waals surface area (Å²) in [6.45, 7) is 0.514. The van der Waals surface area contributed by atoms with E-state index in [2.05, 4.69) is 10.6 Å². The maximum absolute atomic E-state index is 13.6. The molecule has 0 bridgehead atoms. The van der Waals surface area contributed by atoms with Crippen LogP contribution in [-0.2, 0) is 0 Å². The van der Waals surface area contributed by atoms with Crippen LogP contribution >= 0.6 is 11.8 Å². The zero-order valence-corrected chi connectivity index (χ0v) is 12.4. The third-order valence-electron chi connectivity index (χ3n) is 3.73. The molecule has 0 aromatic heterocycles. The van der Waals surface area contributed by atoms with Crippen LogP contribution < -0.4 is 10.6 Å². The van der Waals surface area contributed by atoms with Gasteiger partial charge in [0.05, 0.1) is 11.3 Å². The highest BCUT2D eigenvalue weighted by atomic mass is 32.2. The van der Waals surface area contributed by atoms with Crippen LogP contribution in [0.1, 0.15) is 29.6 Å². The molecular weight excluding hydrogens is 295 g/mol. The summed E-state index contributed by atoms with van der Waals surface area (Å²) < 4.78 is 13.7. The molecule has 114 valence electrons. The van der Waals surface area contributed by atoms with Crippen LogP contribution in [0.3, 0.4) is 0 Å². The Balaban J connectivity index is 1.96. The second-order valence-corrected chi connectivity index (χ2v) is 6.32. The predicted octanol–water partition coefficient (Wildman–Crippen LogP) is 2.93. The van der Waals surface area contributed by atoms with Gasteiger partial charge in [-0.3, -0.25) is 0 Å². The lowest BCUT2D eigenvalue weighted by Crippen LogP contribution is -2.46. The van der Waals surface area contributed by atoms with Crippen molar-refractivity contribution in [3.8, 4) is 0 Å². The smallest absolute Gasteiger partial charge is 0.335 e. The van der Waals surface area contributed by atoms with E-state index in [4.69, 9.17) is 5.11 Å². The summed E-state index contributed by atoms with van der Waals surface area (Å²) in [6, 6.07) is 2.74. The van der Waals surface area contributed by atoms with Gasteiger partial charge in [-0.2, -0.15) is 11.8 Å². The number of benzene rings is 1. The molecule has 5 nitrogen and oxygen atoms in total. The Hall–Kier alpha value is -1.76. The van der Waals surface area contributed by atoms with Crippen molar-refractivity contribution < 1.29 is 19.1 Å². The normalized spacial score (nSPS) is 15.9. The van der Waals surface area contributed by atoms with Crippen molar-refractivity contribution in [3.05, 3.63) is 29.6 Å². The number of carboxylic acids is 1. The highest BCUT2D eigenvalue weighted by Crippen LogP contribution is 2.42. The van der Waals surface area contributed by atoms with E-state index in [9.17, 15) is 14.0 Å². The van der Waals surface area contributed by atoms with Crippen molar-refractivity contribution in [3.63, 3.8) is 0 Å². The Morgan fingerprint density at radius 1 is 1.43 bits per heavy atom. The molecule has 0 radical (unpaired) electrons. The molecule has 0 atom stereocenters. The molecule has 1 aliphatic rings. The summed E-state index contributed by atoms with van der Waals surface area (Å²) in [5.41, 5.74) is -0.217. The number of anilines is 1. The van der Waals surface area contributed by atoms with Gasteiger partial charge in [-0.15, -0.1) is 0 Å². The third kappa shape index (κ3) is 3.66. The molecule has 3 N–H and O–H groups in total. The van der Waals surface area contributed by atoms with Crippen LogP contribution in [0, 0.1) is 5.82 Å². The fraction of sp³-hybridized carbons (Fsp3) is 0.429. The Labute approximate surface area is 126 Å². The molecule has 1 fully saturated rings. The van der Waals surface area contributed by atoms with E-state index >= 15 is 0 Å². The number of urea groups is 1. The number of nitrogens with one attached hydrogen (secondary N) is 2. The fourth-order valence-corrected chi connectivity index (χ4v) is 3.10. The molecule has 2 rings (SSSR count). The summed E-state index contributed by atoms with van der Waals surface area (Å²) in [4.78, 5) is 22.6. The van der Waals surface area contributed by atoms with Crippen molar-refractivity contribution in [2.24, 2.45) is 0 Å². The van der Waals surface area contributed by atoms with E-state index in [1.807, 2.05) is 6.26 Å². The largest absolute Gasteiger partial charge is 0.478 e. The van der Waals surface area contributed by atoms with Gasteiger partial charge in [0.1, 0.15) is 5.82 Å². The lowest BCUT2D eigenvalue weighted by atomic mass is 9.84. The number of carbonyl (C=O) groups excluding carboxylic acids is 1. The van der Waals surface area contributed by atoms with E-state index in [1.165, 1.54) is 0 Å². The molecule has 0 heterocycles. The van der Waals surface area contributed by atoms with Gasteiger partial charge in [-0.25, -0.2) is 14.0 Å². The molecule has 0 unspecified atom stereocenters. The number of hydrogen-bond donors (Lipinski definition) is 3. The number of rotatable bonds is 5. The topological polar surface area (TPSA) is 78.4 Å². The number of halogens is 1. The molecule has 7 heteroatoms. The van der Waals surface area contributed by atoms with E-state index in [0.29, 0.717) is 6.54 Å². The van der Waals surface area contributed by atoms with Crippen LogP contribution in [0.2, 0.25) is 0 Å². The Kier molecular flexibility index (Phi) is 4.72. The molecule has 0 aliphatic heterocycles. The molecule has 0 saturated heterocycles. The van der Waals surface area contributed by atoms with Gasteiger partial charge in [-0.05, 0) is 37.3 Å². The van der Waals surface area contributed by atoms with Gasteiger partial charge in [0.2, 0.25) is 0 Å². The molecule has 21 heavy (non-hydrogen) atoms. The van der Waals surface area contributed by atoms with Crippen LogP contribution in [0.25, 0.3) is 0 Å². The fourth-order valence-electron chi connectivity index (χ4n) is 2.19. The second-order valence-electron chi connectivity index (χ2n) is 5.05. The first-order valence-electron chi connectivity index (χ1n) is 6.59. The minimum absolute atomic E-state index is 0.0775. The van der Waals surface area contributed by atoms with Gasteiger partial charge in [0, 0.05) is 11.3 Å². The summed E-state index contributed by atoms with van der Waals surface area (Å²) in [5.74, 6) is -1.84. The monoisotopic (exact) mass is 312 g/mol. The quantitative estimate of drug-likeness (QED) is 0.781. The first kappa shape index (κ1) is 15.6. The van der Waals surface area contributed by atoms with Crippen molar-refractivity contribution in [1.82, 2.24) is 5.32 Å². The van der Waals surface area contributed by atoms with Gasteiger partial charge in [-0.1, -0.05) is 6.42 Å². The number of thioether (sulfide) groups is 1. The van der Waals surface area contributed by atoms with Gasteiger partial charge in [0.15, 0.2) is 0 Å². The van der Waals surface area contributed by atoms with Crippen LogP contribution in [0.15, 0.2) is 18.2 Å². The van der Waals surface area contributed by atoms with Gasteiger partial charge >= 0.3 is 12.0 Å². The zero-order valence-electron chi connectivity index (χ0n) is 11.6. The SMILES string of the molecule is CSC1(CNC(=O)Nc2cc(C(=O)O)ccc2F)CCC1. The molecule has 1 aromatic rings. The molecule has 1 aromatic carbocycles. The molecule has 1 saturated carbocycles. The van der Waals surface area contributed by atoms with Crippen molar-refractivity contribution in [1.29, 1.82) is 0 Å². The maximum Gasteiger partial charge on any atom is 0.335 e. The highest BCUT2D eigenvalue weighted by molar-refractivity contribution is 8.00. The summed E-state index contributed by atoms with van der Waals surface area (Å²) in [5, 5.41) is 13.9. The van der Waals surface area contributed by atoms with Crippen LogP contribution in [0.5, 0.6) is 0 Å². The summed E-state index contributed by atoms with van der Waals surface area (Å²) >= 11 is 1.72. The lowest BCUT2D eigenvalue weighted by Gasteiger charge is -2.40. The van der Waals surface area contributed by atoms with E-state index < -0.39 is 17.8 Å². The first-order valence-corrected chi connectivity index (χ1v) is 7.81. The van der Waals surface area contributed by atoms with Crippen molar-refractivity contribution in [2.75, 3.05) is 18.1 Å².